The number of nitrogens with zero attached hydrogens (tertiary/aromatic N) is 2. The van der Waals surface area contributed by atoms with Gasteiger partial charge < -0.3 is 29.7 Å². The summed E-state index contributed by atoms with van der Waals surface area (Å²) >= 11 is 10.3. The molecule has 0 unspecified atom stereocenters. The van der Waals surface area contributed by atoms with E-state index in [-0.39, 0.29) is 29.6 Å². The molecular formula is C14H25N2NaS2. The molecule has 0 N–H and O–H groups in total. The summed E-state index contributed by atoms with van der Waals surface area (Å²) in [7, 11) is 0. The monoisotopic (exact) mass is 308 g/mol. The topological polar surface area (TPSA) is 6.48 Å². The third-order valence-corrected chi connectivity index (χ3v) is 5.04. The Kier molecular flexibility index (Phi) is 8.10. The molecule has 2 nitrogen and oxygen atoms in total. The van der Waals surface area contributed by atoms with Crippen molar-refractivity contribution >= 4 is 29.2 Å². The van der Waals surface area contributed by atoms with Gasteiger partial charge in [0.2, 0.25) is 0 Å². The van der Waals surface area contributed by atoms with Crippen LogP contribution >= 0.6 is 12.2 Å². The first-order chi connectivity index (χ1) is 8.58. The third-order valence-electron chi connectivity index (χ3n) is 4.57. The minimum Gasteiger partial charge on any atom is -0.411 e. The molecule has 2 fully saturated rings. The number of hydrogen-bond donors (Lipinski definition) is 0. The molecule has 0 aromatic rings. The van der Waals surface area contributed by atoms with Crippen LogP contribution in [0.15, 0.2) is 0 Å². The summed E-state index contributed by atoms with van der Waals surface area (Å²) in [5, 5.41) is 0. The van der Waals surface area contributed by atoms with Crippen LogP contribution in [0, 0.1) is 5.92 Å². The Balaban J connectivity index is 0.00000180. The fourth-order valence-electron chi connectivity index (χ4n) is 3.41. The van der Waals surface area contributed by atoms with Gasteiger partial charge in [-0.15, -0.1) is 0 Å². The molecule has 1 saturated carbocycles. The molecular weight excluding hydrogens is 283 g/mol. The summed E-state index contributed by atoms with van der Waals surface area (Å²) in [4.78, 5) is 4.87. The summed E-state index contributed by atoms with van der Waals surface area (Å²) in [6.45, 7) is 7.97. The van der Waals surface area contributed by atoms with Crippen molar-refractivity contribution in [3.63, 3.8) is 0 Å². The normalized spacial score (nSPS) is 29.9. The number of hydrogen-bond acceptors (Lipinski definition) is 3. The van der Waals surface area contributed by atoms with Crippen LogP contribution in [0.5, 0.6) is 0 Å². The first-order valence-electron chi connectivity index (χ1n) is 7.29. The zero-order valence-corrected chi connectivity index (χ0v) is 16.2. The van der Waals surface area contributed by atoms with Crippen molar-refractivity contribution in [2.24, 2.45) is 5.92 Å². The van der Waals surface area contributed by atoms with E-state index < -0.39 is 0 Å². The van der Waals surface area contributed by atoms with Crippen molar-refractivity contribution in [2.45, 2.75) is 58.0 Å². The molecule has 0 amide bonds. The molecule has 2 atom stereocenters. The molecule has 104 valence electrons. The fourth-order valence-corrected chi connectivity index (χ4v) is 3.92. The van der Waals surface area contributed by atoms with Crippen LogP contribution in [-0.4, -0.2) is 45.8 Å². The van der Waals surface area contributed by atoms with Crippen LogP contribution in [0.3, 0.4) is 0 Å². The van der Waals surface area contributed by atoms with Gasteiger partial charge in [0.25, 0.3) is 0 Å². The van der Waals surface area contributed by atoms with Crippen molar-refractivity contribution in [1.29, 1.82) is 0 Å². The third kappa shape index (κ3) is 5.08. The smallest absolute Gasteiger partial charge is 0.411 e. The first kappa shape index (κ1) is 18.1. The molecule has 0 aromatic carbocycles. The second kappa shape index (κ2) is 8.50. The van der Waals surface area contributed by atoms with Gasteiger partial charge in [-0.3, -0.25) is 4.90 Å². The van der Waals surface area contributed by atoms with Crippen molar-refractivity contribution in [3.8, 4) is 0 Å². The first-order valence-corrected chi connectivity index (χ1v) is 8.11. The molecule has 1 aliphatic heterocycles. The number of thiocarbonyl (C=S) groups is 1. The van der Waals surface area contributed by atoms with Crippen LogP contribution in [0.4, 0.5) is 0 Å². The van der Waals surface area contributed by atoms with E-state index in [0.717, 1.165) is 19.0 Å². The standard InChI is InChI=1S/C14H26N2S2.Na/c1-11-9-16(14(17)18)12(2)8-15(11)10-13-6-4-3-5-7-13;/h11-13H,3-10H2,1-2H3,(H,17,18);/q;+1/p-1/t11-,12+;/m1./s1. The Morgan fingerprint density at radius 3 is 2.32 bits per heavy atom. The van der Waals surface area contributed by atoms with Crippen molar-refractivity contribution < 1.29 is 29.6 Å². The Hall–Kier alpha value is 1.07. The van der Waals surface area contributed by atoms with E-state index in [0.29, 0.717) is 16.4 Å². The summed E-state index contributed by atoms with van der Waals surface area (Å²) in [6.07, 6.45) is 7.18. The van der Waals surface area contributed by atoms with Crippen molar-refractivity contribution in [3.05, 3.63) is 0 Å². The summed E-state index contributed by atoms with van der Waals surface area (Å²) in [5.74, 6) is 0.926. The van der Waals surface area contributed by atoms with Gasteiger partial charge in [-0.1, -0.05) is 23.6 Å². The Bertz CT molecular complexity index is 295. The zero-order chi connectivity index (χ0) is 13.1. The van der Waals surface area contributed by atoms with Gasteiger partial charge in [0, 0.05) is 31.7 Å². The van der Waals surface area contributed by atoms with Gasteiger partial charge >= 0.3 is 29.6 Å². The van der Waals surface area contributed by atoms with Gasteiger partial charge in [0.1, 0.15) is 0 Å². The zero-order valence-electron chi connectivity index (χ0n) is 12.6. The average Bonchev–Trinajstić information content (AvgIpc) is 2.34. The second-order valence-corrected chi connectivity index (χ2v) is 7.11. The van der Waals surface area contributed by atoms with Gasteiger partial charge in [-0.25, -0.2) is 0 Å². The minimum atomic E-state index is 0. The Labute approximate surface area is 151 Å². The van der Waals surface area contributed by atoms with Crippen LogP contribution < -0.4 is 29.6 Å². The van der Waals surface area contributed by atoms with Crippen LogP contribution in [-0.2, 0) is 12.6 Å². The SMILES string of the molecule is C[C@@H]1CN(C(=S)[S-])[C@@H](C)CN1CC1CCCCC1.[Na+]. The molecule has 2 rings (SSSR count). The predicted octanol–water partition coefficient (Wildman–Crippen LogP) is -0.203. The van der Waals surface area contributed by atoms with Gasteiger partial charge in [-0.2, -0.15) is 0 Å². The molecule has 5 heteroatoms. The van der Waals surface area contributed by atoms with Gasteiger partial charge in [0.15, 0.2) is 0 Å². The van der Waals surface area contributed by atoms with E-state index in [1.807, 2.05) is 0 Å². The quantitative estimate of drug-likeness (QED) is 0.396. The molecule has 0 aromatic heterocycles. The Morgan fingerprint density at radius 2 is 1.74 bits per heavy atom. The van der Waals surface area contributed by atoms with E-state index in [2.05, 4.69) is 23.6 Å². The average molecular weight is 308 g/mol. The molecule has 19 heavy (non-hydrogen) atoms. The number of piperazine rings is 1. The van der Waals surface area contributed by atoms with Gasteiger partial charge in [-0.05, 0) is 32.6 Å². The predicted molar refractivity (Wildman–Crippen MR) is 83.7 cm³/mol. The maximum Gasteiger partial charge on any atom is 1.00 e. The largest absolute Gasteiger partial charge is 1.00 e. The molecule has 1 aliphatic carbocycles. The van der Waals surface area contributed by atoms with Crippen molar-refractivity contribution in [1.82, 2.24) is 9.80 Å². The molecule has 1 saturated heterocycles. The summed E-state index contributed by atoms with van der Waals surface area (Å²) in [6, 6.07) is 1.07. The molecule has 2 aliphatic rings. The van der Waals surface area contributed by atoms with Crippen LogP contribution in [0.1, 0.15) is 46.0 Å². The maximum atomic E-state index is 5.17. The summed E-state index contributed by atoms with van der Waals surface area (Å²) < 4.78 is 0.645. The van der Waals surface area contributed by atoms with E-state index in [4.69, 9.17) is 24.8 Å². The molecule has 0 radical (unpaired) electrons. The number of rotatable bonds is 2. The minimum absolute atomic E-state index is 0. The maximum absolute atomic E-state index is 5.17. The van der Waals surface area contributed by atoms with Gasteiger partial charge in [0.05, 0.1) is 0 Å². The molecule has 0 spiro atoms. The van der Waals surface area contributed by atoms with Crippen LogP contribution in [0.2, 0.25) is 0 Å². The van der Waals surface area contributed by atoms with Crippen LogP contribution in [0.25, 0.3) is 0 Å². The van der Waals surface area contributed by atoms with E-state index in [1.54, 1.807) is 0 Å². The fraction of sp³-hybridized carbons (Fsp3) is 0.929. The Morgan fingerprint density at radius 1 is 1.11 bits per heavy atom. The van der Waals surface area contributed by atoms with E-state index >= 15 is 0 Å². The van der Waals surface area contributed by atoms with Crippen molar-refractivity contribution in [2.75, 3.05) is 19.6 Å². The second-order valence-electron chi connectivity index (χ2n) is 6.07. The molecule has 1 heterocycles. The van der Waals surface area contributed by atoms with E-state index in [9.17, 15) is 0 Å². The van der Waals surface area contributed by atoms with E-state index in [1.165, 1.54) is 38.6 Å². The summed E-state index contributed by atoms with van der Waals surface area (Å²) in [5.41, 5.74) is 0. The molecule has 0 bridgehead atoms.